The second kappa shape index (κ2) is 6.99. The van der Waals surface area contributed by atoms with E-state index in [1.54, 1.807) is 20.3 Å². The van der Waals surface area contributed by atoms with Gasteiger partial charge in [0, 0.05) is 6.07 Å². The molecule has 0 aliphatic heterocycles. The zero-order valence-corrected chi connectivity index (χ0v) is 12.8. The molecule has 21 heavy (non-hydrogen) atoms. The van der Waals surface area contributed by atoms with Gasteiger partial charge in [0.25, 0.3) is 0 Å². The maximum absolute atomic E-state index is 5.96. The van der Waals surface area contributed by atoms with E-state index in [0.29, 0.717) is 40.6 Å². The molecule has 0 aliphatic rings. The standard InChI is InChI=1S/C14H16ClN3O3/c1-4-21-13-10(15)8-16-14(18-13)17-11-6-5-9(19-2)7-12(11)20-3/h5-8H,4H2,1-3H3,(H,16,17,18). The summed E-state index contributed by atoms with van der Waals surface area (Å²) in [5.74, 6) is 2.02. The first-order valence-corrected chi connectivity index (χ1v) is 6.70. The van der Waals surface area contributed by atoms with Crippen molar-refractivity contribution >= 4 is 23.2 Å². The van der Waals surface area contributed by atoms with Gasteiger partial charge in [0.1, 0.15) is 16.5 Å². The molecular weight excluding hydrogens is 294 g/mol. The molecule has 1 N–H and O–H groups in total. The molecule has 6 nitrogen and oxygen atoms in total. The van der Waals surface area contributed by atoms with Crippen LogP contribution in [0.5, 0.6) is 17.4 Å². The summed E-state index contributed by atoms with van der Waals surface area (Å²) in [4.78, 5) is 8.33. The number of rotatable bonds is 6. The van der Waals surface area contributed by atoms with Crippen LogP contribution >= 0.6 is 11.6 Å². The van der Waals surface area contributed by atoms with E-state index in [1.807, 2.05) is 19.1 Å². The van der Waals surface area contributed by atoms with Gasteiger partial charge in [-0.2, -0.15) is 4.98 Å². The molecule has 0 amide bonds. The normalized spacial score (nSPS) is 10.1. The van der Waals surface area contributed by atoms with Gasteiger partial charge in [0.15, 0.2) is 0 Å². The van der Waals surface area contributed by atoms with Crippen molar-refractivity contribution < 1.29 is 14.2 Å². The van der Waals surface area contributed by atoms with Gasteiger partial charge < -0.3 is 19.5 Å². The monoisotopic (exact) mass is 309 g/mol. The lowest BCUT2D eigenvalue weighted by molar-refractivity contribution is 0.327. The topological polar surface area (TPSA) is 65.5 Å². The summed E-state index contributed by atoms with van der Waals surface area (Å²) >= 11 is 5.96. The van der Waals surface area contributed by atoms with E-state index < -0.39 is 0 Å². The van der Waals surface area contributed by atoms with Gasteiger partial charge in [-0.05, 0) is 19.1 Å². The first-order chi connectivity index (χ1) is 10.2. The van der Waals surface area contributed by atoms with Crippen molar-refractivity contribution in [2.75, 3.05) is 26.1 Å². The molecule has 0 aliphatic carbocycles. The average Bonchev–Trinajstić information content (AvgIpc) is 2.51. The van der Waals surface area contributed by atoms with Crippen LogP contribution < -0.4 is 19.5 Å². The van der Waals surface area contributed by atoms with Gasteiger partial charge in [-0.3, -0.25) is 0 Å². The Bertz CT molecular complexity index is 622. The van der Waals surface area contributed by atoms with E-state index in [-0.39, 0.29) is 0 Å². The van der Waals surface area contributed by atoms with E-state index in [1.165, 1.54) is 6.20 Å². The van der Waals surface area contributed by atoms with E-state index >= 15 is 0 Å². The van der Waals surface area contributed by atoms with E-state index in [9.17, 15) is 0 Å². The zero-order valence-electron chi connectivity index (χ0n) is 12.0. The molecule has 0 bridgehead atoms. The predicted octanol–water partition coefficient (Wildman–Crippen LogP) is 3.29. The Kier molecular flexibility index (Phi) is 5.05. The quantitative estimate of drug-likeness (QED) is 0.883. The second-order valence-corrected chi connectivity index (χ2v) is 4.38. The number of nitrogens with one attached hydrogen (secondary N) is 1. The van der Waals surface area contributed by atoms with Gasteiger partial charge in [0.05, 0.1) is 32.7 Å². The van der Waals surface area contributed by atoms with E-state index in [2.05, 4.69) is 15.3 Å². The summed E-state index contributed by atoms with van der Waals surface area (Å²) in [6, 6.07) is 5.39. The molecule has 2 rings (SSSR count). The van der Waals surface area contributed by atoms with Crippen molar-refractivity contribution in [3.63, 3.8) is 0 Å². The van der Waals surface area contributed by atoms with Crippen LogP contribution in [0.2, 0.25) is 5.02 Å². The molecule has 0 spiro atoms. The Morgan fingerprint density at radius 3 is 2.71 bits per heavy atom. The Balaban J connectivity index is 2.27. The van der Waals surface area contributed by atoms with Gasteiger partial charge in [0.2, 0.25) is 11.8 Å². The third-order valence-electron chi connectivity index (χ3n) is 2.65. The lowest BCUT2D eigenvalue weighted by Gasteiger charge is -2.12. The molecule has 1 aromatic heterocycles. The van der Waals surface area contributed by atoms with Crippen molar-refractivity contribution in [1.82, 2.24) is 9.97 Å². The van der Waals surface area contributed by atoms with Crippen LogP contribution in [-0.4, -0.2) is 30.8 Å². The summed E-state index contributed by atoms with van der Waals surface area (Å²) in [5, 5.41) is 3.42. The lowest BCUT2D eigenvalue weighted by atomic mass is 10.2. The largest absolute Gasteiger partial charge is 0.497 e. The van der Waals surface area contributed by atoms with Crippen LogP contribution in [0.1, 0.15) is 6.92 Å². The summed E-state index contributed by atoms with van der Waals surface area (Å²) in [7, 11) is 3.17. The highest BCUT2D eigenvalue weighted by Gasteiger charge is 2.10. The predicted molar refractivity (Wildman–Crippen MR) is 81.0 cm³/mol. The Hall–Kier alpha value is -2.21. The van der Waals surface area contributed by atoms with Gasteiger partial charge in [-0.25, -0.2) is 4.98 Å². The van der Waals surface area contributed by atoms with Crippen LogP contribution in [0.25, 0.3) is 0 Å². The number of hydrogen-bond donors (Lipinski definition) is 1. The molecule has 1 aromatic carbocycles. The van der Waals surface area contributed by atoms with Gasteiger partial charge >= 0.3 is 0 Å². The maximum Gasteiger partial charge on any atom is 0.237 e. The summed E-state index contributed by atoms with van der Waals surface area (Å²) in [5.41, 5.74) is 0.711. The molecule has 0 saturated heterocycles. The maximum atomic E-state index is 5.96. The second-order valence-electron chi connectivity index (χ2n) is 3.97. The Labute approximate surface area is 128 Å². The summed E-state index contributed by atoms with van der Waals surface area (Å²) in [6.45, 7) is 2.33. The number of anilines is 2. The number of benzene rings is 1. The number of methoxy groups -OCH3 is 2. The molecular formula is C14H16ClN3O3. The molecule has 0 unspecified atom stereocenters. The molecule has 2 aromatic rings. The van der Waals surface area contributed by atoms with Crippen molar-refractivity contribution in [1.29, 1.82) is 0 Å². The van der Waals surface area contributed by atoms with Crippen LogP contribution in [-0.2, 0) is 0 Å². The first kappa shape index (κ1) is 15.2. The minimum atomic E-state index is 0.337. The molecule has 1 heterocycles. The minimum absolute atomic E-state index is 0.337. The van der Waals surface area contributed by atoms with E-state index in [4.69, 9.17) is 25.8 Å². The van der Waals surface area contributed by atoms with Crippen LogP contribution in [0.3, 0.4) is 0 Å². The lowest BCUT2D eigenvalue weighted by Crippen LogP contribution is -2.02. The van der Waals surface area contributed by atoms with Crippen molar-refractivity contribution in [3.8, 4) is 17.4 Å². The first-order valence-electron chi connectivity index (χ1n) is 6.32. The van der Waals surface area contributed by atoms with Crippen molar-refractivity contribution in [2.45, 2.75) is 6.92 Å². The highest BCUT2D eigenvalue weighted by Crippen LogP contribution is 2.31. The molecule has 7 heteroatoms. The average molecular weight is 310 g/mol. The number of hydrogen-bond acceptors (Lipinski definition) is 6. The molecule has 0 radical (unpaired) electrons. The molecule has 0 fully saturated rings. The van der Waals surface area contributed by atoms with Gasteiger partial charge in [-0.15, -0.1) is 0 Å². The Morgan fingerprint density at radius 2 is 2.05 bits per heavy atom. The summed E-state index contributed by atoms with van der Waals surface area (Å²) in [6.07, 6.45) is 1.48. The minimum Gasteiger partial charge on any atom is -0.497 e. The zero-order chi connectivity index (χ0) is 15.2. The fraction of sp³-hybridized carbons (Fsp3) is 0.286. The van der Waals surface area contributed by atoms with Crippen LogP contribution in [0.15, 0.2) is 24.4 Å². The van der Waals surface area contributed by atoms with Crippen molar-refractivity contribution in [3.05, 3.63) is 29.4 Å². The molecule has 112 valence electrons. The van der Waals surface area contributed by atoms with Gasteiger partial charge in [-0.1, -0.05) is 11.6 Å². The molecule has 0 atom stereocenters. The smallest absolute Gasteiger partial charge is 0.237 e. The third-order valence-corrected chi connectivity index (χ3v) is 2.91. The molecule has 0 saturated carbocycles. The Morgan fingerprint density at radius 1 is 1.24 bits per heavy atom. The number of ether oxygens (including phenoxy) is 3. The van der Waals surface area contributed by atoms with Crippen molar-refractivity contribution in [2.24, 2.45) is 0 Å². The SMILES string of the molecule is CCOc1nc(Nc2ccc(OC)cc2OC)ncc1Cl. The van der Waals surface area contributed by atoms with E-state index in [0.717, 1.165) is 0 Å². The van der Waals surface area contributed by atoms with Crippen LogP contribution in [0, 0.1) is 0 Å². The number of aromatic nitrogens is 2. The highest BCUT2D eigenvalue weighted by atomic mass is 35.5. The fourth-order valence-corrected chi connectivity index (χ4v) is 1.82. The third kappa shape index (κ3) is 3.66. The van der Waals surface area contributed by atoms with Crippen LogP contribution in [0.4, 0.5) is 11.6 Å². The number of nitrogens with zero attached hydrogens (tertiary/aromatic N) is 2. The summed E-state index contributed by atoms with van der Waals surface area (Å²) < 4.78 is 15.8. The number of halogens is 1. The fourth-order valence-electron chi connectivity index (χ4n) is 1.67. The highest BCUT2D eigenvalue weighted by molar-refractivity contribution is 6.31.